The molecule has 0 aliphatic heterocycles. The van der Waals surface area contributed by atoms with Gasteiger partial charge in [-0.3, -0.25) is 0 Å². The SMILES string of the molecule is c1cc[n+](Cc2cccc3nc4ccccc4cc23)cc1. The fourth-order valence-electron chi connectivity index (χ4n) is 2.73. The molecule has 0 amide bonds. The van der Waals surface area contributed by atoms with Gasteiger partial charge in [0.1, 0.15) is 0 Å². The van der Waals surface area contributed by atoms with Crippen LogP contribution in [-0.2, 0) is 6.54 Å². The first-order chi connectivity index (χ1) is 10.4. The standard InChI is InChI=1S/C19H15N2/c1-4-11-21(12-5-1)14-16-8-6-10-19-17(16)13-15-7-2-3-9-18(15)20-19/h1-13H,14H2/q+1. The van der Waals surface area contributed by atoms with E-state index in [0.717, 1.165) is 17.6 Å². The first-order valence-corrected chi connectivity index (χ1v) is 7.12. The minimum Gasteiger partial charge on any atom is -0.248 e. The van der Waals surface area contributed by atoms with Crippen molar-refractivity contribution in [3.05, 3.63) is 84.7 Å². The number of rotatable bonds is 2. The number of para-hydroxylation sites is 1. The number of nitrogens with zero attached hydrogens (tertiary/aromatic N) is 2. The Labute approximate surface area is 123 Å². The molecule has 0 unspecified atom stereocenters. The summed E-state index contributed by atoms with van der Waals surface area (Å²) in [5.74, 6) is 0. The zero-order valence-corrected chi connectivity index (χ0v) is 11.6. The first-order valence-electron chi connectivity index (χ1n) is 7.12. The van der Waals surface area contributed by atoms with Crippen molar-refractivity contribution >= 4 is 21.8 Å². The lowest BCUT2D eigenvalue weighted by Crippen LogP contribution is -2.32. The number of aromatic nitrogens is 2. The van der Waals surface area contributed by atoms with E-state index in [0.29, 0.717) is 0 Å². The average molecular weight is 271 g/mol. The molecule has 2 aromatic carbocycles. The molecule has 0 fully saturated rings. The maximum Gasteiger partial charge on any atom is 0.174 e. The minimum atomic E-state index is 0.859. The zero-order chi connectivity index (χ0) is 14.1. The molecule has 0 aliphatic carbocycles. The lowest BCUT2D eigenvalue weighted by Gasteiger charge is -2.05. The van der Waals surface area contributed by atoms with Crippen LogP contribution in [0.4, 0.5) is 0 Å². The van der Waals surface area contributed by atoms with Crippen molar-refractivity contribution in [3.63, 3.8) is 0 Å². The highest BCUT2D eigenvalue weighted by atomic mass is 14.9. The van der Waals surface area contributed by atoms with Gasteiger partial charge in [0.2, 0.25) is 0 Å². The van der Waals surface area contributed by atoms with Gasteiger partial charge in [-0.1, -0.05) is 36.4 Å². The van der Waals surface area contributed by atoms with Crippen LogP contribution in [0.15, 0.2) is 79.1 Å². The minimum absolute atomic E-state index is 0.859. The van der Waals surface area contributed by atoms with Gasteiger partial charge >= 0.3 is 0 Å². The predicted molar refractivity (Wildman–Crippen MR) is 85.0 cm³/mol. The monoisotopic (exact) mass is 271 g/mol. The molecule has 0 saturated heterocycles. The van der Waals surface area contributed by atoms with Gasteiger partial charge < -0.3 is 0 Å². The molecule has 100 valence electrons. The molecule has 4 rings (SSSR count). The van der Waals surface area contributed by atoms with Gasteiger partial charge in [0.05, 0.1) is 11.0 Å². The highest BCUT2D eigenvalue weighted by molar-refractivity contribution is 5.94. The molecule has 0 N–H and O–H groups in total. The Bertz CT molecular complexity index is 914. The van der Waals surface area contributed by atoms with Crippen LogP contribution in [0.2, 0.25) is 0 Å². The molecule has 4 aromatic rings. The largest absolute Gasteiger partial charge is 0.248 e. The van der Waals surface area contributed by atoms with Crippen molar-refractivity contribution in [3.8, 4) is 0 Å². The number of benzene rings is 2. The van der Waals surface area contributed by atoms with Crippen LogP contribution < -0.4 is 4.57 Å². The molecule has 2 heteroatoms. The summed E-state index contributed by atoms with van der Waals surface area (Å²) in [6, 6.07) is 23.0. The van der Waals surface area contributed by atoms with Crippen LogP contribution in [0.1, 0.15) is 5.56 Å². The first kappa shape index (κ1) is 12.0. The Morgan fingerprint density at radius 2 is 1.57 bits per heavy atom. The Balaban J connectivity index is 1.90. The Morgan fingerprint density at radius 1 is 0.762 bits per heavy atom. The van der Waals surface area contributed by atoms with E-state index >= 15 is 0 Å². The predicted octanol–water partition coefficient (Wildman–Crippen LogP) is 3.72. The molecule has 21 heavy (non-hydrogen) atoms. The quantitative estimate of drug-likeness (QED) is 0.401. The van der Waals surface area contributed by atoms with E-state index in [1.807, 2.05) is 12.1 Å². The van der Waals surface area contributed by atoms with Gasteiger partial charge in [-0.25, -0.2) is 9.55 Å². The third-order valence-corrected chi connectivity index (χ3v) is 3.78. The van der Waals surface area contributed by atoms with E-state index in [2.05, 4.69) is 71.6 Å². The van der Waals surface area contributed by atoms with E-state index in [1.165, 1.54) is 16.3 Å². The second-order valence-corrected chi connectivity index (χ2v) is 5.21. The van der Waals surface area contributed by atoms with Crippen molar-refractivity contribution in [1.29, 1.82) is 0 Å². The number of hydrogen-bond donors (Lipinski definition) is 0. The topological polar surface area (TPSA) is 16.8 Å². The van der Waals surface area contributed by atoms with Crippen molar-refractivity contribution in [2.75, 3.05) is 0 Å². The highest BCUT2D eigenvalue weighted by Gasteiger charge is 2.08. The number of pyridine rings is 2. The van der Waals surface area contributed by atoms with Crippen LogP contribution in [0.25, 0.3) is 21.8 Å². The Hall–Kier alpha value is -2.74. The fourth-order valence-corrected chi connectivity index (χ4v) is 2.73. The molecule has 2 aromatic heterocycles. The van der Waals surface area contributed by atoms with Gasteiger partial charge in [-0.2, -0.15) is 0 Å². The number of hydrogen-bond acceptors (Lipinski definition) is 1. The van der Waals surface area contributed by atoms with E-state index in [9.17, 15) is 0 Å². The molecule has 0 spiro atoms. The molecule has 2 nitrogen and oxygen atoms in total. The summed E-state index contributed by atoms with van der Waals surface area (Å²) in [6.07, 6.45) is 4.18. The lowest BCUT2D eigenvalue weighted by molar-refractivity contribution is -0.688. The third-order valence-electron chi connectivity index (χ3n) is 3.78. The molecule has 2 heterocycles. The van der Waals surface area contributed by atoms with Crippen LogP contribution in [0.3, 0.4) is 0 Å². The lowest BCUT2D eigenvalue weighted by atomic mass is 10.1. The summed E-state index contributed by atoms with van der Waals surface area (Å²) in [6.45, 7) is 0.859. The second kappa shape index (κ2) is 4.98. The van der Waals surface area contributed by atoms with Gasteiger partial charge in [0.25, 0.3) is 0 Å². The summed E-state index contributed by atoms with van der Waals surface area (Å²) in [5.41, 5.74) is 3.40. The normalized spacial score (nSPS) is 11.0. The van der Waals surface area contributed by atoms with Gasteiger partial charge in [-0.15, -0.1) is 0 Å². The van der Waals surface area contributed by atoms with Crippen LogP contribution in [-0.4, -0.2) is 4.98 Å². The molecule has 0 bridgehead atoms. The van der Waals surface area contributed by atoms with E-state index in [-0.39, 0.29) is 0 Å². The zero-order valence-electron chi connectivity index (χ0n) is 11.6. The maximum absolute atomic E-state index is 4.77. The van der Waals surface area contributed by atoms with Crippen LogP contribution in [0, 0.1) is 0 Å². The fraction of sp³-hybridized carbons (Fsp3) is 0.0526. The van der Waals surface area contributed by atoms with Crippen molar-refractivity contribution in [1.82, 2.24) is 4.98 Å². The van der Waals surface area contributed by atoms with E-state index in [1.54, 1.807) is 0 Å². The third kappa shape index (κ3) is 2.25. The summed E-state index contributed by atoms with van der Waals surface area (Å²) >= 11 is 0. The Kier molecular flexibility index (Phi) is 2.86. The molecule has 0 atom stereocenters. The van der Waals surface area contributed by atoms with Crippen molar-refractivity contribution in [2.24, 2.45) is 0 Å². The molecular formula is C19H15N2+. The maximum atomic E-state index is 4.77. The summed E-state index contributed by atoms with van der Waals surface area (Å²) in [4.78, 5) is 4.77. The van der Waals surface area contributed by atoms with Gasteiger partial charge in [0, 0.05) is 28.5 Å². The van der Waals surface area contributed by atoms with Crippen molar-refractivity contribution < 1.29 is 4.57 Å². The smallest absolute Gasteiger partial charge is 0.174 e. The molecule has 0 aliphatic rings. The second-order valence-electron chi connectivity index (χ2n) is 5.21. The summed E-state index contributed by atoms with van der Waals surface area (Å²) in [7, 11) is 0. The Morgan fingerprint density at radius 3 is 2.48 bits per heavy atom. The molecular weight excluding hydrogens is 256 g/mol. The van der Waals surface area contributed by atoms with Crippen LogP contribution >= 0.6 is 0 Å². The van der Waals surface area contributed by atoms with Crippen molar-refractivity contribution in [2.45, 2.75) is 6.54 Å². The molecule has 0 saturated carbocycles. The summed E-state index contributed by atoms with van der Waals surface area (Å²) in [5, 5.41) is 2.42. The highest BCUT2D eigenvalue weighted by Crippen LogP contribution is 2.22. The van der Waals surface area contributed by atoms with Crippen LogP contribution in [0.5, 0.6) is 0 Å². The van der Waals surface area contributed by atoms with Gasteiger partial charge in [0.15, 0.2) is 18.9 Å². The number of fused-ring (bicyclic) bond motifs is 2. The summed E-state index contributed by atoms with van der Waals surface area (Å²) < 4.78 is 2.18. The van der Waals surface area contributed by atoms with Gasteiger partial charge in [-0.05, 0) is 18.2 Å². The average Bonchev–Trinajstić information content (AvgIpc) is 2.54. The van der Waals surface area contributed by atoms with E-state index < -0.39 is 0 Å². The molecule has 0 radical (unpaired) electrons. The van der Waals surface area contributed by atoms with E-state index in [4.69, 9.17) is 4.98 Å².